The molecule has 2 saturated heterocycles. The van der Waals surface area contributed by atoms with Crippen LogP contribution < -0.4 is 5.32 Å². The molecule has 2 amide bonds. The topological polar surface area (TPSA) is 61.9 Å². The summed E-state index contributed by atoms with van der Waals surface area (Å²) in [6, 6.07) is 0.447. The summed E-state index contributed by atoms with van der Waals surface area (Å²) >= 11 is 0. The SMILES string of the molecule is Cl.O=C(C1CNCCO1)N1CCN(C2CC2)C(=O)C1. The van der Waals surface area contributed by atoms with Gasteiger partial charge in [-0.05, 0) is 12.8 Å². The minimum atomic E-state index is -0.418. The van der Waals surface area contributed by atoms with E-state index in [4.69, 9.17) is 4.74 Å². The molecule has 0 bridgehead atoms. The number of hydrogen-bond acceptors (Lipinski definition) is 4. The van der Waals surface area contributed by atoms with Crippen LogP contribution in [-0.2, 0) is 14.3 Å². The Hall–Kier alpha value is -0.850. The third-order valence-electron chi connectivity index (χ3n) is 3.76. The quantitative estimate of drug-likeness (QED) is 0.725. The zero-order chi connectivity index (χ0) is 12.5. The molecule has 0 aromatic carbocycles. The number of piperazine rings is 1. The van der Waals surface area contributed by atoms with Crippen molar-refractivity contribution in [1.29, 1.82) is 0 Å². The lowest BCUT2D eigenvalue weighted by atomic mass is 10.2. The Kier molecular flexibility index (Phi) is 4.65. The molecule has 1 unspecified atom stereocenters. The van der Waals surface area contributed by atoms with Crippen LogP contribution in [0.1, 0.15) is 12.8 Å². The van der Waals surface area contributed by atoms with Crippen molar-refractivity contribution < 1.29 is 14.3 Å². The predicted molar refractivity (Wildman–Crippen MR) is 71.2 cm³/mol. The summed E-state index contributed by atoms with van der Waals surface area (Å²) in [6.07, 6.45) is 1.82. The fourth-order valence-corrected chi connectivity index (χ4v) is 2.57. The maximum atomic E-state index is 12.2. The second-order valence-electron chi connectivity index (χ2n) is 5.14. The molecule has 108 valence electrons. The van der Waals surface area contributed by atoms with Crippen molar-refractivity contribution in [3.05, 3.63) is 0 Å². The summed E-state index contributed by atoms with van der Waals surface area (Å²) in [4.78, 5) is 27.7. The van der Waals surface area contributed by atoms with Crippen molar-refractivity contribution in [2.45, 2.75) is 25.0 Å². The monoisotopic (exact) mass is 289 g/mol. The molecule has 6 nitrogen and oxygen atoms in total. The molecule has 0 radical (unpaired) electrons. The molecule has 7 heteroatoms. The molecule has 2 aliphatic heterocycles. The highest BCUT2D eigenvalue weighted by Gasteiger charge is 2.38. The second-order valence-corrected chi connectivity index (χ2v) is 5.14. The van der Waals surface area contributed by atoms with Crippen molar-refractivity contribution >= 4 is 24.2 Å². The predicted octanol–water partition coefficient (Wildman–Crippen LogP) is -0.770. The van der Waals surface area contributed by atoms with Gasteiger partial charge >= 0.3 is 0 Å². The number of rotatable bonds is 2. The zero-order valence-electron chi connectivity index (χ0n) is 10.8. The van der Waals surface area contributed by atoms with E-state index in [1.165, 1.54) is 0 Å². The lowest BCUT2D eigenvalue weighted by molar-refractivity contribution is -0.153. The molecule has 19 heavy (non-hydrogen) atoms. The van der Waals surface area contributed by atoms with Crippen molar-refractivity contribution in [3.8, 4) is 0 Å². The van der Waals surface area contributed by atoms with Crippen molar-refractivity contribution in [3.63, 3.8) is 0 Å². The molecule has 3 rings (SSSR count). The minimum absolute atomic E-state index is 0. The molecule has 1 atom stereocenters. The Morgan fingerprint density at radius 1 is 1.32 bits per heavy atom. The van der Waals surface area contributed by atoms with Gasteiger partial charge in [0, 0.05) is 32.2 Å². The van der Waals surface area contributed by atoms with E-state index in [-0.39, 0.29) is 30.8 Å². The first kappa shape index (κ1) is 14.6. The molecule has 3 fully saturated rings. The molecule has 0 spiro atoms. The first-order valence-electron chi connectivity index (χ1n) is 6.66. The maximum absolute atomic E-state index is 12.2. The molecular weight excluding hydrogens is 270 g/mol. The summed E-state index contributed by atoms with van der Waals surface area (Å²) in [5.74, 6) is 0.0341. The van der Waals surface area contributed by atoms with Gasteiger partial charge < -0.3 is 19.9 Å². The summed E-state index contributed by atoms with van der Waals surface area (Å²) in [5.41, 5.74) is 0. The van der Waals surface area contributed by atoms with E-state index < -0.39 is 6.10 Å². The van der Waals surface area contributed by atoms with Crippen molar-refractivity contribution in [2.24, 2.45) is 0 Å². The van der Waals surface area contributed by atoms with Gasteiger partial charge in [0.15, 0.2) is 0 Å². The first-order chi connectivity index (χ1) is 8.75. The highest BCUT2D eigenvalue weighted by atomic mass is 35.5. The van der Waals surface area contributed by atoms with Crippen LogP contribution in [0, 0.1) is 0 Å². The summed E-state index contributed by atoms with van der Waals surface area (Å²) in [5, 5.41) is 3.14. The number of carbonyl (C=O) groups excluding carboxylic acids is 2. The molecular formula is C12H20ClN3O3. The van der Waals surface area contributed by atoms with Gasteiger partial charge in [-0.15, -0.1) is 12.4 Å². The Morgan fingerprint density at radius 2 is 2.11 bits per heavy atom. The Labute approximate surface area is 118 Å². The third-order valence-corrected chi connectivity index (χ3v) is 3.76. The zero-order valence-corrected chi connectivity index (χ0v) is 11.7. The fraction of sp³-hybridized carbons (Fsp3) is 0.833. The second kappa shape index (κ2) is 6.07. The lowest BCUT2D eigenvalue weighted by Gasteiger charge is -2.36. The number of morpholine rings is 1. The van der Waals surface area contributed by atoms with Gasteiger partial charge in [-0.25, -0.2) is 0 Å². The number of nitrogens with zero attached hydrogens (tertiary/aromatic N) is 2. The van der Waals surface area contributed by atoms with Gasteiger partial charge in [0.05, 0.1) is 13.2 Å². The number of nitrogens with one attached hydrogen (secondary N) is 1. The van der Waals surface area contributed by atoms with Crippen LogP contribution in [-0.4, -0.2) is 73.1 Å². The molecule has 1 N–H and O–H groups in total. The first-order valence-corrected chi connectivity index (χ1v) is 6.66. The van der Waals surface area contributed by atoms with Crippen LogP contribution in [0.3, 0.4) is 0 Å². The summed E-state index contributed by atoms with van der Waals surface area (Å²) < 4.78 is 5.44. The van der Waals surface area contributed by atoms with E-state index in [0.29, 0.717) is 32.3 Å². The standard InChI is InChI=1S/C12H19N3O3.ClH/c16-11-8-14(4-5-15(11)9-1-2-9)12(17)10-7-13-3-6-18-10;/h9-10,13H,1-8H2;1H. The van der Waals surface area contributed by atoms with Crippen LogP contribution >= 0.6 is 12.4 Å². The molecule has 1 aliphatic carbocycles. The molecule has 2 heterocycles. The Morgan fingerprint density at radius 3 is 2.68 bits per heavy atom. The molecule has 0 aromatic heterocycles. The fourth-order valence-electron chi connectivity index (χ4n) is 2.57. The number of halogens is 1. The number of amides is 2. The maximum Gasteiger partial charge on any atom is 0.253 e. The number of ether oxygens (including phenoxy) is 1. The third kappa shape index (κ3) is 3.19. The molecule has 0 aromatic rings. The van der Waals surface area contributed by atoms with E-state index >= 15 is 0 Å². The number of hydrogen-bond donors (Lipinski definition) is 1. The summed E-state index contributed by atoms with van der Waals surface area (Å²) in [7, 11) is 0. The van der Waals surface area contributed by atoms with Crippen LogP contribution in [0.25, 0.3) is 0 Å². The van der Waals surface area contributed by atoms with Crippen LogP contribution in [0.5, 0.6) is 0 Å². The van der Waals surface area contributed by atoms with Gasteiger partial charge in [0.1, 0.15) is 6.10 Å². The summed E-state index contributed by atoms with van der Waals surface area (Å²) in [6.45, 7) is 3.44. The Balaban J connectivity index is 0.00000133. The largest absolute Gasteiger partial charge is 0.366 e. The lowest BCUT2D eigenvalue weighted by Crippen LogP contribution is -2.57. The van der Waals surface area contributed by atoms with Crippen LogP contribution in [0.4, 0.5) is 0 Å². The van der Waals surface area contributed by atoms with E-state index in [2.05, 4.69) is 5.32 Å². The van der Waals surface area contributed by atoms with Gasteiger partial charge in [-0.3, -0.25) is 9.59 Å². The van der Waals surface area contributed by atoms with Gasteiger partial charge in [-0.2, -0.15) is 0 Å². The van der Waals surface area contributed by atoms with Crippen LogP contribution in [0.2, 0.25) is 0 Å². The van der Waals surface area contributed by atoms with Gasteiger partial charge in [-0.1, -0.05) is 0 Å². The smallest absolute Gasteiger partial charge is 0.253 e. The average molecular weight is 290 g/mol. The van der Waals surface area contributed by atoms with E-state index in [0.717, 1.165) is 19.4 Å². The van der Waals surface area contributed by atoms with E-state index in [1.54, 1.807) is 4.90 Å². The molecule has 1 saturated carbocycles. The minimum Gasteiger partial charge on any atom is -0.366 e. The normalized spacial score (nSPS) is 28.0. The van der Waals surface area contributed by atoms with E-state index in [9.17, 15) is 9.59 Å². The highest BCUT2D eigenvalue weighted by Crippen LogP contribution is 2.28. The van der Waals surface area contributed by atoms with Crippen LogP contribution in [0.15, 0.2) is 0 Å². The highest BCUT2D eigenvalue weighted by molar-refractivity contribution is 5.88. The molecule has 3 aliphatic rings. The average Bonchev–Trinajstić information content (AvgIpc) is 3.23. The number of carbonyl (C=O) groups is 2. The van der Waals surface area contributed by atoms with Crippen molar-refractivity contribution in [2.75, 3.05) is 39.3 Å². The van der Waals surface area contributed by atoms with Gasteiger partial charge in [0.2, 0.25) is 5.91 Å². The van der Waals surface area contributed by atoms with Gasteiger partial charge in [0.25, 0.3) is 5.91 Å². The van der Waals surface area contributed by atoms with E-state index in [1.807, 2.05) is 4.90 Å². The van der Waals surface area contributed by atoms with Crippen molar-refractivity contribution in [1.82, 2.24) is 15.1 Å². The Bertz CT molecular complexity index is 356.